The second-order valence-corrected chi connectivity index (χ2v) is 7.48. The molecule has 2 amide bonds. The van der Waals surface area contributed by atoms with Gasteiger partial charge in [-0.15, -0.1) is 0 Å². The molecule has 152 valence electrons. The van der Waals surface area contributed by atoms with Gasteiger partial charge in [0.25, 0.3) is 0 Å². The minimum absolute atomic E-state index is 0.166. The highest BCUT2D eigenvalue weighted by atomic mass is 19.2. The van der Waals surface area contributed by atoms with Crippen LogP contribution in [0.2, 0.25) is 0 Å². The number of carbonyl (C=O) groups excluding carboxylic acids is 1. The molecule has 0 aliphatic carbocycles. The molecule has 28 heavy (non-hydrogen) atoms. The van der Waals surface area contributed by atoms with Crippen LogP contribution in [-0.4, -0.2) is 59.1 Å². The Morgan fingerprint density at radius 2 is 2.14 bits per heavy atom. The normalized spacial score (nSPS) is 17.2. The molecule has 1 atom stereocenters. The quantitative estimate of drug-likeness (QED) is 0.820. The molecule has 1 aliphatic rings. The minimum atomic E-state index is -0.978. The molecule has 1 aromatic carbocycles. The SMILES string of the molecule is CN(C)CCCn1ccnc1[C@@H]1CCCN(C(=O)Nc2ccc(F)c(F)c2)C1. The molecule has 1 aromatic heterocycles. The number of imidazole rings is 1. The van der Waals surface area contributed by atoms with Crippen LogP contribution in [0.1, 0.15) is 31.0 Å². The van der Waals surface area contributed by atoms with Crippen molar-refractivity contribution >= 4 is 11.7 Å². The van der Waals surface area contributed by atoms with E-state index in [1.165, 1.54) is 6.07 Å². The van der Waals surface area contributed by atoms with Gasteiger partial charge in [0.1, 0.15) is 5.82 Å². The van der Waals surface area contributed by atoms with E-state index in [1.54, 1.807) is 4.90 Å². The Morgan fingerprint density at radius 1 is 1.32 bits per heavy atom. The van der Waals surface area contributed by atoms with Crippen molar-refractivity contribution in [3.8, 4) is 0 Å². The fourth-order valence-corrected chi connectivity index (χ4v) is 3.58. The third-order valence-corrected chi connectivity index (χ3v) is 5.00. The van der Waals surface area contributed by atoms with Gasteiger partial charge in [0, 0.05) is 49.7 Å². The molecule has 1 fully saturated rings. The summed E-state index contributed by atoms with van der Waals surface area (Å²) in [4.78, 5) is 21.0. The number of amides is 2. The predicted molar refractivity (Wildman–Crippen MR) is 104 cm³/mol. The number of anilines is 1. The van der Waals surface area contributed by atoms with E-state index in [1.807, 2.05) is 12.4 Å². The lowest BCUT2D eigenvalue weighted by Crippen LogP contribution is -2.42. The second kappa shape index (κ2) is 9.14. The van der Waals surface area contributed by atoms with Crippen molar-refractivity contribution in [1.29, 1.82) is 0 Å². The molecule has 1 aliphatic heterocycles. The van der Waals surface area contributed by atoms with E-state index in [0.717, 1.165) is 50.3 Å². The zero-order valence-corrected chi connectivity index (χ0v) is 16.4. The lowest BCUT2D eigenvalue weighted by atomic mass is 9.97. The van der Waals surface area contributed by atoms with Crippen LogP contribution in [-0.2, 0) is 6.54 Å². The maximum absolute atomic E-state index is 13.4. The number of rotatable bonds is 6. The van der Waals surface area contributed by atoms with Gasteiger partial charge in [0.2, 0.25) is 0 Å². The predicted octanol–water partition coefficient (Wildman–Crippen LogP) is 3.52. The van der Waals surface area contributed by atoms with E-state index in [0.29, 0.717) is 13.1 Å². The van der Waals surface area contributed by atoms with Crippen molar-refractivity contribution in [1.82, 2.24) is 19.4 Å². The summed E-state index contributed by atoms with van der Waals surface area (Å²) in [5, 5.41) is 2.65. The van der Waals surface area contributed by atoms with Gasteiger partial charge in [-0.3, -0.25) is 0 Å². The summed E-state index contributed by atoms with van der Waals surface area (Å²) in [5.74, 6) is -0.742. The number of carbonyl (C=O) groups is 1. The summed E-state index contributed by atoms with van der Waals surface area (Å²) in [6.07, 6.45) is 6.68. The third-order valence-electron chi connectivity index (χ3n) is 5.00. The molecule has 0 saturated carbocycles. The maximum atomic E-state index is 13.4. The summed E-state index contributed by atoms with van der Waals surface area (Å²) >= 11 is 0. The van der Waals surface area contributed by atoms with Gasteiger partial charge in [-0.2, -0.15) is 0 Å². The van der Waals surface area contributed by atoms with Crippen molar-refractivity contribution in [2.75, 3.05) is 39.0 Å². The van der Waals surface area contributed by atoms with Gasteiger partial charge in [-0.25, -0.2) is 18.6 Å². The number of aromatic nitrogens is 2. The van der Waals surface area contributed by atoms with E-state index >= 15 is 0 Å². The number of nitrogens with zero attached hydrogens (tertiary/aromatic N) is 4. The molecule has 8 heteroatoms. The van der Waals surface area contributed by atoms with Gasteiger partial charge < -0.3 is 19.7 Å². The van der Waals surface area contributed by atoms with E-state index in [4.69, 9.17) is 0 Å². The first-order chi connectivity index (χ1) is 13.4. The number of likely N-dealkylation sites (tertiary alicyclic amines) is 1. The average molecular weight is 391 g/mol. The van der Waals surface area contributed by atoms with Gasteiger partial charge in [-0.05, 0) is 52.0 Å². The van der Waals surface area contributed by atoms with Crippen LogP contribution < -0.4 is 5.32 Å². The van der Waals surface area contributed by atoms with Gasteiger partial charge in [0.05, 0.1) is 0 Å². The van der Waals surface area contributed by atoms with Crippen molar-refractivity contribution in [2.45, 2.75) is 31.7 Å². The van der Waals surface area contributed by atoms with E-state index in [9.17, 15) is 13.6 Å². The first-order valence-electron chi connectivity index (χ1n) is 9.61. The highest BCUT2D eigenvalue weighted by Crippen LogP contribution is 2.26. The maximum Gasteiger partial charge on any atom is 0.321 e. The minimum Gasteiger partial charge on any atom is -0.335 e. The van der Waals surface area contributed by atoms with Crippen molar-refractivity contribution in [3.63, 3.8) is 0 Å². The third kappa shape index (κ3) is 5.07. The van der Waals surface area contributed by atoms with Crippen molar-refractivity contribution in [3.05, 3.63) is 48.1 Å². The van der Waals surface area contributed by atoms with Crippen LogP contribution in [0.15, 0.2) is 30.6 Å². The van der Waals surface area contributed by atoms with Crippen molar-refractivity contribution in [2.24, 2.45) is 0 Å². The largest absolute Gasteiger partial charge is 0.335 e. The molecule has 0 bridgehead atoms. The average Bonchev–Trinajstić information content (AvgIpc) is 3.13. The fraction of sp³-hybridized carbons (Fsp3) is 0.500. The smallest absolute Gasteiger partial charge is 0.321 e. The van der Waals surface area contributed by atoms with Crippen LogP contribution in [0.3, 0.4) is 0 Å². The highest BCUT2D eigenvalue weighted by Gasteiger charge is 2.27. The molecular weight excluding hydrogens is 364 g/mol. The topological polar surface area (TPSA) is 53.4 Å². The van der Waals surface area contributed by atoms with Gasteiger partial charge in [0.15, 0.2) is 11.6 Å². The summed E-state index contributed by atoms with van der Waals surface area (Å²) < 4.78 is 28.6. The molecule has 0 radical (unpaired) electrons. The number of hydrogen-bond donors (Lipinski definition) is 1. The molecular formula is C20H27F2N5O. The lowest BCUT2D eigenvalue weighted by molar-refractivity contribution is 0.190. The number of nitrogens with one attached hydrogen (secondary N) is 1. The molecule has 2 heterocycles. The Bertz CT molecular complexity index is 808. The lowest BCUT2D eigenvalue weighted by Gasteiger charge is -2.32. The molecule has 2 aromatic rings. The number of piperidine rings is 1. The zero-order valence-electron chi connectivity index (χ0n) is 16.4. The Kier molecular flexibility index (Phi) is 6.61. The van der Waals surface area contributed by atoms with E-state index in [2.05, 4.69) is 33.9 Å². The number of halogens is 2. The molecule has 0 unspecified atom stereocenters. The second-order valence-electron chi connectivity index (χ2n) is 7.48. The molecule has 1 N–H and O–H groups in total. The van der Waals surface area contributed by atoms with E-state index in [-0.39, 0.29) is 17.6 Å². The van der Waals surface area contributed by atoms with E-state index < -0.39 is 11.6 Å². The van der Waals surface area contributed by atoms with Crippen LogP contribution in [0.25, 0.3) is 0 Å². The summed E-state index contributed by atoms with van der Waals surface area (Å²) in [5.41, 5.74) is 0.246. The Balaban J connectivity index is 1.61. The number of benzene rings is 1. The van der Waals surface area contributed by atoms with Crippen LogP contribution in [0.5, 0.6) is 0 Å². The number of urea groups is 1. The molecule has 3 rings (SSSR count). The van der Waals surface area contributed by atoms with Crippen LogP contribution >= 0.6 is 0 Å². The Labute approximate surface area is 164 Å². The molecule has 1 saturated heterocycles. The van der Waals surface area contributed by atoms with Crippen LogP contribution in [0, 0.1) is 11.6 Å². The summed E-state index contributed by atoms with van der Waals surface area (Å²) in [6, 6.07) is 3.05. The standard InChI is InChI=1S/C20H27F2N5O/c1-25(2)9-4-11-26-12-8-23-19(26)15-5-3-10-27(14-15)20(28)24-16-6-7-17(21)18(22)13-16/h6-8,12-13,15H,3-5,9-11,14H2,1-2H3,(H,24,28)/t15-/m1/s1. The molecule has 0 spiro atoms. The first-order valence-corrected chi connectivity index (χ1v) is 9.61. The first kappa shape index (κ1) is 20.3. The van der Waals surface area contributed by atoms with Gasteiger partial charge >= 0.3 is 6.03 Å². The Morgan fingerprint density at radius 3 is 2.89 bits per heavy atom. The number of hydrogen-bond acceptors (Lipinski definition) is 3. The number of aryl methyl sites for hydroxylation is 1. The van der Waals surface area contributed by atoms with Crippen molar-refractivity contribution < 1.29 is 13.6 Å². The Hall–Kier alpha value is -2.48. The zero-order chi connectivity index (χ0) is 20.1. The molecule has 6 nitrogen and oxygen atoms in total. The monoisotopic (exact) mass is 391 g/mol. The van der Waals surface area contributed by atoms with Crippen LogP contribution in [0.4, 0.5) is 19.3 Å². The van der Waals surface area contributed by atoms with Gasteiger partial charge in [-0.1, -0.05) is 0 Å². The fourth-order valence-electron chi connectivity index (χ4n) is 3.58. The highest BCUT2D eigenvalue weighted by molar-refractivity contribution is 5.89. The summed E-state index contributed by atoms with van der Waals surface area (Å²) in [7, 11) is 4.11. The summed E-state index contributed by atoms with van der Waals surface area (Å²) in [6.45, 7) is 3.09.